The quantitative estimate of drug-likeness (QED) is 0.0222. The first kappa shape index (κ1) is 105. The number of halogens is 8. The van der Waals surface area contributed by atoms with Crippen LogP contribution in [0.5, 0.6) is 40.2 Å². The molecule has 0 saturated carbocycles. The van der Waals surface area contributed by atoms with Gasteiger partial charge in [-0.05, 0) is 186 Å². The molecule has 42 heteroatoms. The molecule has 5 heterocycles. The van der Waals surface area contributed by atoms with Gasteiger partial charge in [-0.3, -0.25) is 47.0 Å². The van der Waals surface area contributed by atoms with Crippen molar-refractivity contribution in [2.45, 2.75) is 32.7 Å². The van der Waals surface area contributed by atoms with E-state index in [-0.39, 0.29) is 149 Å². The number of imide groups is 1. The van der Waals surface area contributed by atoms with Gasteiger partial charge in [0.25, 0.3) is 22.2 Å². The van der Waals surface area contributed by atoms with Crippen LogP contribution in [-0.2, 0) is 69.1 Å². The SMILES string of the molecule is BrB(Br)Br.COc1ccc(-n2cc(Cl)c3cc(CO)cc(C#N)c3c2=O)cc1.COc1ccc(-n2cc(Cl)c3cc(CO)cc(OS(C)(=O)=O)c3c2=O)cc1.COc1ccc(-n2ccc3cc(CO)cc(OS(C)(=O)=O)c3c2=O)cc1.Clc1ccccc1.N#Cc1cc(O)cc2c(Cl)cn(-c3ccc(O)cc3)c(=O)c12.O.O=C1CCC(=O)N1Cl.[C-]#N.[C-]#N.[Zn+2]. The van der Waals surface area contributed by atoms with Gasteiger partial charge < -0.3 is 77.3 Å². The van der Waals surface area contributed by atoms with Crippen LogP contribution in [0.4, 0.5) is 0 Å². The van der Waals surface area contributed by atoms with E-state index in [9.17, 15) is 81.7 Å². The number of rotatable bonds is 14. The number of carbonyl (C=O) groups is 2. The second kappa shape index (κ2) is 49.4. The standard InChI is InChI=1S/C18H13ClN2O3.C18H16ClNO6S.C18H17NO6S.C16H9ClN2O3.C6H5Cl.C4H4ClNO2.2CN.BBr3.H2O.Zn/c1-24-14-4-2-13(3-5-14)21-9-16(19)15-7-11(10-22)6-12(8-20)17(15)18(21)23;1-25-13-5-3-12(4-6-13)20-9-15(19)14-7-11(10-21)8-16(17(14)18(20)22)26-27(2,23)24;1-24-15-5-3-14(4-6-15)19-8-7-13-9-12(11-20)10-16(17(13)18(19)21)25-26(2,22)23;17-14-8-19(10-1-3-11(20)4-2-10)16(22)15-9(7-18)5-12(21)6-13(14)15;7-6-4-2-1-3-5-6;5-6-3(7)1-2-4(6)8;2*1-2;2-1(3)4;;/h2-7,9,22H,10H2,1H3;3-9,21H,10H2,1-2H3;3-10,20H,11H2,1-2H3;1-6,8,20-21H;1-5H;1-2H2;;;;1H2;/q;;;;;;2*-1;;;+2. The van der Waals surface area contributed by atoms with Gasteiger partial charge >= 0.3 is 42.9 Å². The number of amides is 2. The van der Waals surface area contributed by atoms with Gasteiger partial charge in [0.15, 0.2) is 11.5 Å². The van der Waals surface area contributed by atoms with E-state index >= 15 is 0 Å². The first-order valence-electron chi connectivity index (χ1n) is 34.2. The molecule has 4 aromatic heterocycles. The molecule has 0 unspecified atom stereocenters. The van der Waals surface area contributed by atoms with Gasteiger partial charge in [-0.25, -0.2) is 0 Å². The minimum atomic E-state index is -3.90. The van der Waals surface area contributed by atoms with Crippen LogP contribution in [0.2, 0.25) is 20.1 Å². The molecule has 2 amide bonds. The number of pyridine rings is 4. The molecule has 0 atom stereocenters. The topological polar surface area (TPSA) is 468 Å². The number of hydrogen-bond acceptors (Lipinski definition) is 24. The van der Waals surface area contributed by atoms with E-state index in [1.807, 2.05) is 42.5 Å². The van der Waals surface area contributed by atoms with Crippen LogP contribution in [0.1, 0.15) is 40.7 Å². The molecule has 1 saturated heterocycles. The summed E-state index contributed by atoms with van der Waals surface area (Å²) in [6, 6.07) is 53.0. The maximum atomic E-state index is 13.1. The first-order chi connectivity index (χ1) is 58.0. The molecule has 0 radical (unpaired) electrons. The van der Waals surface area contributed by atoms with Gasteiger partial charge in [-0.15, -0.1) is 47.3 Å². The Labute approximate surface area is 771 Å². The number of fused-ring (bicyclic) bond motifs is 4. The van der Waals surface area contributed by atoms with Crippen LogP contribution in [-0.4, -0.2) is 119 Å². The van der Waals surface area contributed by atoms with Gasteiger partial charge in [0, 0.05) is 93.3 Å². The number of hydrogen-bond donors (Lipinski definition) is 5. The molecular weight excluding hydrogens is 2000 g/mol. The predicted molar refractivity (Wildman–Crippen MR) is 479 cm³/mol. The Bertz CT molecular complexity index is 6600. The largest absolute Gasteiger partial charge is 2.00 e. The summed E-state index contributed by atoms with van der Waals surface area (Å²) in [6.45, 7) is 8.59. The number of carbonyl (C=O) groups excluding carboxylic acids is 2. The zero-order valence-corrected chi connectivity index (χ0v) is 78.3. The van der Waals surface area contributed by atoms with Gasteiger partial charge in [0.2, 0.25) is 11.8 Å². The zero-order chi connectivity index (χ0) is 90.6. The van der Waals surface area contributed by atoms with Crippen molar-refractivity contribution >= 4 is 184 Å². The summed E-state index contributed by atoms with van der Waals surface area (Å²) in [6.07, 6.45) is 8.24. The van der Waals surface area contributed by atoms with Crippen molar-refractivity contribution in [2.24, 2.45) is 0 Å². The van der Waals surface area contributed by atoms with Crippen molar-refractivity contribution in [3.05, 3.63) is 309 Å². The molecule has 30 nitrogen and oxygen atoms in total. The number of aliphatic hydroxyl groups is 3. The Kier molecular flexibility index (Phi) is 41.9. The molecule has 0 spiro atoms. The minimum absolute atomic E-state index is 0. The Morgan fingerprint density at radius 3 is 1.11 bits per heavy atom. The number of ether oxygens (including phenoxy) is 3. The molecule has 1 fully saturated rings. The summed E-state index contributed by atoms with van der Waals surface area (Å²) in [5.74, 6) is 0.996. The van der Waals surface area contributed by atoms with Gasteiger partial charge in [-0.1, -0.05) is 64.6 Å². The van der Waals surface area contributed by atoms with Crippen molar-refractivity contribution < 1.29 is 99.5 Å². The fourth-order valence-corrected chi connectivity index (χ4v) is 13.2. The van der Waals surface area contributed by atoms with Gasteiger partial charge in [-0.2, -0.15) is 31.8 Å². The summed E-state index contributed by atoms with van der Waals surface area (Å²) in [5.41, 5.74) is 2.07. The van der Waals surface area contributed by atoms with Crippen molar-refractivity contribution in [3.8, 4) is 75.1 Å². The Balaban J connectivity index is 0.000000318. The number of aliphatic hydroxyl groups excluding tert-OH is 3. The van der Waals surface area contributed by atoms with Gasteiger partial charge in [0.05, 0.1) is 107 Å². The Morgan fingerprint density at radius 2 is 0.774 bits per heavy atom. The molecule has 0 bridgehead atoms. The summed E-state index contributed by atoms with van der Waals surface area (Å²) in [7, 11) is -3.11. The fraction of sp³-hybridized carbons (Fsp3) is 0.122. The number of phenols is 2. The molecule has 7 N–H and O–H groups in total. The van der Waals surface area contributed by atoms with Crippen molar-refractivity contribution in [3.63, 3.8) is 0 Å². The maximum absolute atomic E-state index is 13.1. The summed E-state index contributed by atoms with van der Waals surface area (Å²) >= 11 is 38.9. The molecule has 1 aliphatic heterocycles. The molecule has 14 rings (SSSR count). The molecular formula is C82H66BBr3Cl5N9O21S2Zn. The van der Waals surface area contributed by atoms with Crippen LogP contribution in [0, 0.1) is 46.3 Å². The smallest absolute Gasteiger partial charge is 0.512 e. The summed E-state index contributed by atoms with van der Waals surface area (Å²) < 4.78 is 78.0. The first-order valence-corrected chi connectivity index (χ1v) is 42.5. The van der Waals surface area contributed by atoms with E-state index in [1.54, 1.807) is 124 Å². The number of aromatic hydroxyl groups is 2. The van der Waals surface area contributed by atoms with E-state index in [4.69, 9.17) is 104 Å². The number of nitriles is 2. The molecule has 13 aromatic rings. The Morgan fingerprint density at radius 1 is 0.452 bits per heavy atom. The van der Waals surface area contributed by atoms with E-state index < -0.39 is 36.9 Å². The monoisotopic (exact) mass is 2060 g/mol. The Hall–Kier alpha value is -11.2. The minimum Gasteiger partial charge on any atom is -0.512 e. The molecule has 0 aliphatic carbocycles. The molecule has 1 aliphatic rings. The van der Waals surface area contributed by atoms with E-state index in [0.29, 0.717) is 82.3 Å². The second-order valence-corrected chi connectivity index (χ2v) is 36.1. The number of methoxy groups -OCH3 is 3. The number of aromatic nitrogens is 4. The zero-order valence-electron chi connectivity index (χ0n) is 65.2. The molecule has 638 valence electrons. The van der Waals surface area contributed by atoms with Crippen molar-refractivity contribution in [1.82, 2.24) is 22.7 Å². The third-order valence-corrected chi connectivity index (χ3v) is 19.0. The average Bonchev–Trinajstić information content (AvgIpc) is 0.961. The fourth-order valence-electron chi connectivity index (χ4n) is 11.2. The number of nitrogens with zero attached hydrogens (tertiary/aromatic N) is 9. The molecule has 124 heavy (non-hydrogen) atoms. The summed E-state index contributed by atoms with van der Waals surface area (Å²) in [4.78, 5) is 72.3. The van der Waals surface area contributed by atoms with E-state index in [2.05, 4.69) is 47.3 Å². The van der Waals surface area contributed by atoms with Crippen LogP contribution in [0.3, 0.4) is 0 Å². The predicted octanol–water partition coefficient (Wildman–Crippen LogP) is 14.4. The third-order valence-electron chi connectivity index (χ3n) is 16.5. The van der Waals surface area contributed by atoms with Crippen LogP contribution in [0.15, 0.2) is 226 Å². The van der Waals surface area contributed by atoms with Crippen LogP contribution < -0.4 is 44.8 Å². The van der Waals surface area contributed by atoms with Crippen LogP contribution in [0.25, 0.3) is 65.8 Å². The maximum Gasteiger partial charge on any atom is 2.00 e. The number of phenolic OH excluding ortho intramolecular Hbond substituents is 2. The molecule has 9 aromatic carbocycles. The van der Waals surface area contributed by atoms with Crippen LogP contribution >= 0.6 is 105 Å². The third kappa shape index (κ3) is 28.4. The number of benzene rings is 9. The average molecular weight is 2070 g/mol. The van der Waals surface area contributed by atoms with E-state index in [0.717, 1.165) is 17.5 Å². The van der Waals surface area contributed by atoms with Crippen molar-refractivity contribution in [2.75, 3.05) is 33.8 Å². The van der Waals surface area contributed by atoms with Crippen molar-refractivity contribution in [1.29, 1.82) is 21.0 Å². The second-order valence-electron chi connectivity index (χ2n) is 24.5. The summed E-state index contributed by atoms with van der Waals surface area (Å²) in [5, 5.41) is 81.7. The van der Waals surface area contributed by atoms with Gasteiger partial charge in [0.1, 0.15) is 34.8 Å². The van der Waals surface area contributed by atoms with E-state index in [1.165, 1.54) is 92.5 Å². The normalized spacial score (nSPS) is 10.9.